The number of nitrogens with one attached hydrogen (secondary N) is 1. The highest BCUT2D eigenvalue weighted by Crippen LogP contribution is 2.17. The summed E-state index contributed by atoms with van der Waals surface area (Å²) in [5, 5.41) is 11.6. The van der Waals surface area contributed by atoms with E-state index in [-0.39, 0.29) is 12.3 Å². The third-order valence-corrected chi connectivity index (χ3v) is 3.11. The van der Waals surface area contributed by atoms with Gasteiger partial charge in [0.1, 0.15) is 0 Å². The first-order chi connectivity index (χ1) is 10.1. The van der Waals surface area contributed by atoms with Gasteiger partial charge >= 0.3 is 5.97 Å². The van der Waals surface area contributed by atoms with Gasteiger partial charge in [-0.05, 0) is 23.6 Å². The fourth-order valence-corrected chi connectivity index (χ4v) is 2.08. The molecule has 21 heavy (non-hydrogen) atoms. The summed E-state index contributed by atoms with van der Waals surface area (Å²) < 4.78 is 0. The van der Waals surface area contributed by atoms with Gasteiger partial charge in [-0.15, -0.1) is 0 Å². The Morgan fingerprint density at radius 1 is 0.952 bits per heavy atom. The largest absolute Gasteiger partial charge is 0.481 e. The predicted molar refractivity (Wildman–Crippen MR) is 81.2 cm³/mol. The Bertz CT molecular complexity index is 623. The molecule has 2 aromatic carbocycles. The molecule has 0 saturated carbocycles. The van der Waals surface area contributed by atoms with Crippen LogP contribution in [-0.4, -0.2) is 17.0 Å². The van der Waals surface area contributed by atoms with Crippen molar-refractivity contribution in [3.8, 4) is 0 Å². The van der Waals surface area contributed by atoms with Crippen LogP contribution in [0.3, 0.4) is 0 Å². The van der Waals surface area contributed by atoms with Crippen molar-refractivity contribution in [2.24, 2.45) is 0 Å². The van der Waals surface area contributed by atoms with Gasteiger partial charge in [0.2, 0.25) is 5.91 Å². The summed E-state index contributed by atoms with van der Waals surface area (Å²) in [5.41, 5.74) is 2.46. The van der Waals surface area contributed by atoms with Gasteiger partial charge < -0.3 is 10.4 Å². The normalized spacial score (nSPS) is 10.1. The highest BCUT2D eigenvalue weighted by atomic mass is 16.4. The van der Waals surface area contributed by atoms with Gasteiger partial charge in [0, 0.05) is 12.1 Å². The standard InChI is InChI=1S/C17H17NO3/c19-16(12-13-6-2-1-3-7-13)18-15-9-5-4-8-14(15)10-11-17(20)21/h1-9H,10-12H2,(H,18,19)(H,20,21). The quantitative estimate of drug-likeness (QED) is 0.856. The lowest BCUT2D eigenvalue weighted by Gasteiger charge is -2.10. The number of benzene rings is 2. The van der Waals surface area contributed by atoms with Crippen LogP contribution in [0.25, 0.3) is 0 Å². The second kappa shape index (κ2) is 7.24. The van der Waals surface area contributed by atoms with Gasteiger partial charge in [-0.2, -0.15) is 0 Å². The smallest absolute Gasteiger partial charge is 0.303 e. The average molecular weight is 283 g/mol. The van der Waals surface area contributed by atoms with E-state index in [9.17, 15) is 9.59 Å². The molecule has 0 aliphatic heterocycles. The molecule has 1 amide bonds. The van der Waals surface area contributed by atoms with E-state index in [1.165, 1.54) is 0 Å². The SMILES string of the molecule is O=C(O)CCc1ccccc1NC(=O)Cc1ccccc1. The summed E-state index contributed by atoms with van der Waals surface area (Å²) in [5.74, 6) is -0.954. The molecule has 0 spiro atoms. The summed E-state index contributed by atoms with van der Waals surface area (Å²) in [7, 11) is 0. The molecule has 0 saturated heterocycles. The van der Waals surface area contributed by atoms with Crippen molar-refractivity contribution >= 4 is 17.6 Å². The minimum atomic E-state index is -0.847. The van der Waals surface area contributed by atoms with Crippen LogP contribution in [0.1, 0.15) is 17.5 Å². The van der Waals surface area contributed by atoms with Crippen LogP contribution >= 0.6 is 0 Å². The van der Waals surface area contributed by atoms with Gasteiger partial charge in [-0.3, -0.25) is 9.59 Å². The molecule has 0 bridgehead atoms. The summed E-state index contributed by atoms with van der Waals surface area (Å²) in [6.45, 7) is 0. The van der Waals surface area contributed by atoms with Crippen LogP contribution in [0.2, 0.25) is 0 Å². The molecule has 2 rings (SSSR count). The van der Waals surface area contributed by atoms with Crippen molar-refractivity contribution < 1.29 is 14.7 Å². The Balaban J connectivity index is 2.01. The van der Waals surface area contributed by atoms with Crippen LogP contribution in [-0.2, 0) is 22.4 Å². The maximum Gasteiger partial charge on any atom is 0.303 e. The predicted octanol–water partition coefficient (Wildman–Crippen LogP) is 2.89. The number of carbonyl (C=O) groups excluding carboxylic acids is 1. The number of carboxylic acids is 1. The monoisotopic (exact) mass is 283 g/mol. The van der Waals surface area contributed by atoms with Crippen molar-refractivity contribution in [1.82, 2.24) is 0 Å². The summed E-state index contributed by atoms with van der Waals surface area (Å²) in [6, 6.07) is 16.8. The number of carbonyl (C=O) groups is 2. The summed E-state index contributed by atoms with van der Waals surface area (Å²) in [4.78, 5) is 22.7. The van der Waals surface area contributed by atoms with Crippen molar-refractivity contribution in [2.75, 3.05) is 5.32 Å². The van der Waals surface area contributed by atoms with E-state index in [0.29, 0.717) is 18.5 Å². The second-order valence-electron chi connectivity index (χ2n) is 4.76. The topological polar surface area (TPSA) is 66.4 Å². The first kappa shape index (κ1) is 14.8. The molecule has 0 aliphatic rings. The lowest BCUT2D eigenvalue weighted by Crippen LogP contribution is -2.15. The number of hydrogen-bond acceptors (Lipinski definition) is 2. The molecular weight excluding hydrogens is 266 g/mol. The van der Waals surface area contributed by atoms with Crippen LogP contribution in [0, 0.1) is 0 Å². The van der Waals surface area contributed by atoms with E-state index >= 15 is 0 Å². The number of hydrogen-bond donors (Lipinski definition) is 2. The Hall–Kier alpha value is -2.62. The summed E-state index contributed by atoms with van der Waals surface area (Å²) >= 11 is 0. The zero-order valence-corrected chi connectivity index (χ0v) is 11.6. The third kappa shape index (κ3) is 4.76. The van der Waals surface area contributed by atoms with E-state index in [0.717, 1.165) is 11.1 Å². The zero-order valence-electron chi connectivity index (χ0n) is 11.6. The van der Waals surface area contributed by atoms with E-state index in [1.807, 2.05) is 48.5 Å². The minimum Gasteiger partial charge on any atom is -0.481 e. The van der Waals surface area contributed by atoms with E-state index in [4.69, 9.17) is 5.11 Å². The van der Waals surface area contributed by atoms with E-state index in [2.05, 4.69) is 5.32 Å². The van der Waals surface area contributed by atoms with Gasteiger partial charge in [0.25, 0.3) is 0 Å². The molecule has 4 nitrogen and oxygen atoms in total. The van der Waals surface area contributed by atoms with E-state index in [1.54, 1.807) is 6.07 Å². The van der Waals surface area contributed by atoms with Crippen LogP contribution in [0.4, 0.5) is 5.69 Å². The molecule has 108 valence electrons. The Kier molecular flexibility index (Phi) is 5.10. The van der Waals surface area contributed by atoms with Gasteiger partial charge in [-0.1, -0.05) is 48.5 Å². The van der Waals surface area contributed by atoms with Crippen LogP contribution in [0.5, 0.6) is 0 Å². The van der Waals surface area contributed by atoms with Crippen molar-refractivity contribution in [2.45, 2.75) is 19.3 Å². The minimum absolute atomic E-state index is 0.0472. The molecule has 0 fully saturated rings. The Labute approximate surface area is 123 Å². The highest BCUT2D eigenvalue weighted by Gasteiger charge is 2.08. The number of anilines is 1. The maximum atomic E-state index is 12.0. The maximum absolute atomic E-state index is 12.0. The number of para-hydroxylation sites is 1. The molecule has 4 heteroatoms. The van der Waals surface area contributed by atoms with Gasteiger partial charge in [0.05, 0.1) is 6.42 Å². The molecule has 0 unspecified atom stereocenters. The second-order valence-corrected chi connectivity index (χ2v) is 4.76. The summed E-state index contributed by atoms with van der Waals surface area (Å²) in [6.07, 6.45) is 0.747. The zero-order chi connectivity index (χ0) is 15.1. The van der Waals surface area contributed by atoms with Crippen molar-refractivity contribution in [3.05, 3.63) is 65.7 Å². The van der Waals surface area contributed by atoms with Gasteiger partial charge in [0.15, 0.2) is 0 Å². The Morgan fingerprint density at radius 3 is 2.33 bits per heavy atom. The lowest BCUT2D eigenvalue weighted by atomic mass is 10.1. The van der Waals surface area contributed by atoms with E-state index < -0.39 is 5.97 Å². The fraction of sp³-hybridized carbons (Fsp3) is 0.176. The number of amides is 1. The number of rotatable bonds is 6. The van der Waals surface area contributed by atoms with Crippen molar-refractivity contribution in [3.63, 3.8) is 0 Å². The molecular formula is C17H17NO3. The third-order valence-electron chi connectivity index (χ3n) is 3.11. The highest BCUT2D eigenvalue weighted by molar-refractivity contribution is 5.93. The Morgan fingerprint density at radius 2 is 1.62 bits per heavy atom. The first-order valence-corrected chi connectivity index (χ1v) is 6.78. The first-order valence-electron chi connectivity index (χ1n) is 6.78. The lowest BCUT2D eigenvalue weighted by molar-refractivity contribution is -0.136. The number of aryl methyl sites for hydroxylation is 1. The van der Waals surface area contributed by atoms with Crippen LogP contribution < -0.4 is 5.32 Å². The van der Waals surface area contributed by atoms with Crippen LogP contribution in [0.15, 0.2) is 54.6 Å². The molecule has 0 aliphatic carbocycles. The molecule has 0 atom stereocenters. The molecule has 0 radical (unpaired) electrons. The van der Waals surface area contributed by atoms with Gasteiger partial charge in [-0.25, -0.2) is 0 Å². The fourth-order valence-electron chi connectivity index (χ4n) is 2.08. The number of aliphatic carboxylic acids is 1. The molecule has 2 N–H and O–H groups in total. The number of carboxylic acid groups (broad SMARTS) is 1. The average Bonchev–Trinajstić information content (AvgIpc) is 2.47. The molecule has 0 heterocycles. The van der Waals surface area contributed by atoms with Crippen molar-refractivity contribution in [1.29, 1.82) is 0 Å². The molecule has 2 aromatic rings. The molecule has 0 aromatic heterocycles.